The number of pyridine rings is 1. The highest BCUT2D eigenvalue weighted by molar-refractivity contribution is 7.23. The van der Waals surface area contributed by atoms with Gasteiger partial charge in [0.2, 0.25) is 0 Å². The minimum atomic E-state index is -0.851. The molecule has 0 atom stereocenters. The third-order valence-electron chi connectivity index (χ3n) is 10.5. The van der Waals surface area contributed by atoms with Crippen LogP contribution in [0.3, 0.4) is 0 Å². The second-order valence-corrected chi connectivity index (χ2v) is 15.8. The Hall–Kier alpha value is -4.98. The van der Waals surface area contributed by atoms with Crippen LogP contribution in [0.4, 0.5) is 31.7 Å². The number of carbonyl (C=O) groups is 3. The lowest BCUT2D eigenvalue weighted by molar-refractivity contribution is 0.00205. The van der Waals surface area contributed by atoms with E-state index in [9.17, 15) is 23.2 Å². The molecule has 2 aromatic carbocycles. The van der Waals surface area contributed by atoms with E-state index in [1.807, 2.05) is 24.4 Å². The minimum Gasteiger partial charge on any atom is -0.381 e. The molecular weight excluding hydrogens is 717 g/mol. The number of anilines is 4. The quantitative estimate of drug-likeness (QED) is 0.180. The van der Waals surface area contributed by atoms with Gasteiger partial charge in [-0.15, -0.1) is 22.7 Å². The molecule has 6 heterocycles. The van der Waals surface area contributed by atoms with Crippen molar-refractivity contribution >= 4 is 63.3 Å². The Bertz CT molecular complexity index is 2180. The number of hydrogen-bond donors (Lipinski definition) is 2. The molecular formula is C40H37F2N5O4S2. The van der Waals surface area contributed by atoms with Crippen molar-refractivity contribution in [2.75, 3.05) is 53.3 Å². The molecule has 2 fully saturated rings. The number of piperidine rings is 1. The Morgan fingerprint density at radius 1 is 0.868 bits per heavy atom. The van der Waals surface area contributed by atoms with Gasteiger partial charge in [0.15, 0.2) is 0 Å². The van der Waals surface area contributed by atoms with Crippen LogP contribution in [0, 0.1) is 24.0 Å². The molecule has 0 radical (unpaired) electrons. The van der Waals surface area contributed by atoms with Crippen LogP contribution in [0.1, 0.15) is 67.2 Å². The lowest BCUT2D eigenvalue weighted by Crippen LogP contribution is -2.43. The molecule has 0 bridgehead atoms. The summed E-state index contributed by atoms with van der Waals surface area (Å²) in [6.45, 7) is 5.61. The summed E-state index contributed by atoms with van der Waals surface area (Å²) in [5, 5.41) is 7.28. The number of amides is 3. The summed E-state index contributed by atoms with van der Waals surface area (Å²) in [6.07, 6.45) is 6.56. The van der Waals surface area contributed by atoms with E-state index in [1.165, 1.54) is 28.7 Å². The molecule has 3 aromatic heterocycles. The van der Waals surface area contributed by atoms with Gasteiger partial charge in [-0.2, -0.15) is 0 Å². The lowest BCUT2D eigenvalue weighted by Gasteiger charge is -2.44. The molecule has 2 saturated heterocycles. The molecule has 53 heavy (non-hydrogen) atoms. The van der Waals surface area contributed by atoms with Gasteiger partial charge in [-0.05, 0) is 116 Å². The first-order valence-electron chi connectivity index (χ1n) is 17.7. The highest BCUT2D eigenvalue weighted by atomic mass is 32.1. The molecule has 8 rings (SSSR count). The van der Waals surface area contributed by atoms with Crippen molar-refractivity contribution in [1.29, 1.82) is 0 Å². The first-order valence-corrected chi connectivity index (χ1v) is 19.4. The number of aryl methyl sites for hydroxylation is 1. The molecule has 3 amide bonds. The van der Waals surface area contributed by atoms with Crippen molar-refractivity contribution in [1.82, 2.24) is 4.98 Å². The molecule has 272 valence electrons. The maximum Gasteiger partial charge on any atom is 0.265 e. The van der Waals surface area contributed by atoms with Crippen LogP contribution >= 0.6 is 22.7 Å². The Morgan fingerprint density at radius 2 is 1.60 bits per heavy atom. The molecule has 13 heteroatoms. The molecule has 0 unspecified atom stereocenters. The topological polar surface area (TPSA) is 104 Å². The molecule has 0 aliphatic carbocycles. The van der Waals surface area contributed by atoms with Crippen molar-refractivity contribution in [2.24, 2.45) is 5.41 Å². The van der Waals surface area contributed by atoms with Gasteiger partial charge >= 0.3 is 0 Å². The Kier molecular flexibility index (Phi) is 9.56. The van der Waals surface area contributed by atoms with E-state index in [4.69, 9.17) is 9.72 Å². The Labute approximate surface area is 313 Å². The average molecular weight is 754 g/mol. The number of hydrogen-bond acceptors (Lipinski definition) is 8. The number of nitrogens with one attached hydrogen (secondary N) is 2. The van der Waals surface area contributed by atoms with Gasteiger partial charge in [-0.3, -0.25) is 14.4 Å². The number of ether oxygens (including phenoxy) is 1. The highest BCUT2D eigenvalue weighted by Gasteiger charge is 2.37. The normalized spacial score (nSPS) is 16.4. The molecule has 0 saturated carbocycles. The zero-order valence-corrected chi connectivity index (χ0v) is 30.7. The van der Waals surface area contributed by atoms with E-state index in [2.05, 4.69) is 15.5 Å². The largest absolute Gasteiger partial charge is 0.381 e. The fourth-order valence-corrected chi connectivity index (χ4v) is 9.68. The summed E-state index contributed by atoms with van der Waals surface area (Å²) in [5.74, 6) is -2.06. The van der Waals surface area contributed by atoms with E-state index in [0.29, 0.717) is 45.9 Å². The summed E-state index contributed by atoms with van der Waals surface area (Å²) in [5.41, 5.74) is 3.89. The zero-order valence-electron chi connectivity index (χ0n) is 29.0. The molecule has 9 nitrogen and oxygen atoms in total. The van der Waals surface area contributed by atoms with Crippen molar-refractivity contribution < 1.29 is 27.9 Å². The van der Waals surface area contributed by atoms with Crippen LogP contribution in [0.2, 0.25) is 0 Å². The van der Waals surface area contributed by atoms with Crippen LogP contribution in [0.5, 0.6) is 0 Å². The van der Waals surface area contributed by atoms with Crippen LogP contribution in [-0.2, 0) is 11.2 Å². The van der Waals surface area contributed by atoms with Gasteiger partial charge in [-0.1, -0.05) is 6.07 Å². The maximum atomic E-state index is 14.2. The van der Waals surface area contributed by atoms with Crippen LogP contribution in [-0.4, -0.2) is 55.6 Å². The fraction of sp³-hybridized carbons (Fsp3) is 0.300. The smallest absolute Gasteiger partial charge is 0.265 e. The van der Waals surface area contributed by atoms with E-state index in [-0.39, 0.29) is 11.8 Å². The van der Waals surface area contributed by atoms with Crippen LogP contribution < -0.4 is 20.4 Å². The van der Waals surface area contributed by atoms with Gasteiger partial charge in [0.25, 0.3) is 17.7 Å². The lowest BCUT2D eigenvalue weighted by atomic mass is 9.72. The van der Waals surface area contributed by atoms with Gasteiger partial charge in [0.05, 0.1) is 25.9 Å². The summed E-state index contributed by atoms with van der Waals surface area (Å²) in [6, 6.07) is 15.8. The van der Waals surface area contributed by atoms with Crippen LogP contribution in [0.25, 0.3) is 9.75 Å². The van der Waals surface area contributed by atoms with Gasteiger partial charge < -0.3 is 25.2 Å². The number of halogens is 2. The number of fused-ring (bicyclic) bond motifs is 3. The molecule has 3 aliphatic heterocycles. The maximum absolute atomic E-state index is 14.2. The first-order chi connectivity index (χ1) is 25.7. The summed E-state index contributed by atoms with van der Waals surface area (Å²) >= 11 is 2.69. The molecule has 5 aromatic rings. The Morgan fingerprint density at radius 3 is 2.34 bits per heavy atom. The summed E-state index contributed by atoms with van der Waals surface area (Å²) in [4.78, 5) is 51.3. The predicted octanol–water partition coefficient (Wildman–Crippen LogP) is 8.56. The number of para-hydroxylation sites is 1. The fourth-order valence-electron chi connectivity index (χ4n) is 7.49. The number of carbonyl (C=O) groups excluding carboxylic acids is 3. The predicted molar refractivity (Wildman–Crippen MR) is 205 cm³/mol. The molecule has 1 spiro atoms. The summed E-state index contributed by atoms with van der Waals surface area (Å²) in [7, 11) is 0. The second kappa shape index (κ2) is 14.4. The second-order valence-electron chi connectivity index (χ2n) is 13.9. The number of nitrogens with zero attached hydrogens (tertiary/aromatic N) is 3. The van der Waals surface area contributed by atoms with E-state index < -0.39 is 23.2 Å². The third kappa shape index (κ3) is 6.96. The first kappa shape index (κ1) is 35.1. The highest BCUT2D eigenvalue weighted by Crippen LogP contribution is 2.46. The third-order valence-corrected chi connectivity index (χ3v) is 12.8. The van der Waals surface area contributed by atoms with Crippen molar-refractivity contribution in [3.8, 4) is 9.75 Å². The molecule has 3 aliphatic rings. The minimum absolute atomic E-state index is 0.191. The van der Waals surface area contributed by atoms with Gasteiger partial charge in [0.1, 0.15) is 23.1 Å². The van der Waals surface area contributed by atoms with E-state index >= 15 is 0 Å². The average Bonchev–Trinajstić information content (AvgIpc) is 3.79. The van der Waals surface area contributed by atoms with Gasteiger partial charge in [0, 0.05) is 50.3 Å². The van der Waals surface area contributed by atoms with Crippen molar-refractivity contribution in [3.63, 3.8) is 0 Å². The Balaban J connectivity index is 0.952. The van der Waals surface area contributed by atoms with Crippen molar-refractivity contribution in [2.45, 2.75) is 39.0 Å². The van der Waals surface area contributed by atoms with E-state index in [0.717, 1.165) is 90.7 Å². The number of rotatable bonds is 6. The summed E-state index contributed by atoms with van der Waals surface area (Å²) < 4.78 is 34.0. The van der Waals surface area contributed by atoms with Gasteiger partial charge in [-0.25, -0.2) is 13.8 Å². The SMILES string of the molecule is Cc1cnc(N2CCC3(CCOCC3)CC2)c(C(=O)Nc2ccc(C(=O)N3CCc4cc(C(=O)Nc5c(F)cccc5F)sc4-c4sccc43)cc2)c1. The van der Waals surface area contributed by atoms with Crippen molar-refractivity contribution in [3.05, 3.63) is 111 Å². The monoisotopic (exact) mass is 753 g/mol. The van der Waals surface area contributed by atoms with Crippen LogP contribution in [0.15, 0.2) is 72.2 Å². The molecule has 2 N–H and O–H groups in total. The number of benzene rings is 2. The standard InChI is InChI=1S/C40H37F2N5O4S2/c1-24-21-28(36(43-23-24)46-16-11-40(12-17-46)13-18-51-19-14-40)37(48)44-27-7-5-25(6-8-27)39(50)47-15-9-26-22-32(53-34(26)35-31(47)10-20-52-35)38(49)45-33-29(41)3-2-4-30(33)42/h2-8,10,20-23H,9,11-19H2,1H3,(H,44,48)(H,45,49). The zero-order chi connectivity index (χ0) is 36.7. The number of aromatic nitrogens is 1. The van der Waals surface area contributed by atoms with E-state index in [1.54, 1.807) is 41.4 Å². The number of thiophene rings is 2.